The highest BCUT2D eigenvalue weighted by atomic mass is 32.2. The maximum Gasteiger partial charge on any atom is 0.250 e. The Bertz CT molecular complexity index is 1420. The van der Waals surface area contributed by atoms with Gasteiger partial charge in [0.1, 0.15) is 23.5 Å². The summed E-state index contributed by atoms with van der Waals surface area (Å²) < 4.78 is 52.8. The Balaban J connectivity index is 1.51. The molecule has 0 bridgehead atoms. The molecule has 1 aliphatic rings. The number of benzene rings is 1. The summed E-state index contributed by atoms with van der Waals surface area (Å²) in [7, 11) is -3.99. The molecule has 1 N–H and O–H groups in total. The second kappa shape index (κ2) is 8.93. The van der Waals surface area contributed by atoms with Crippen LogP contribution in [-0.4, -0.2) is 69.0 Å². The first-order valence-corrected chi connectivity index (χ1v) is 11.7. The predicted molar refractivity (Wildman–Crippen MR) is 115 cm³/mol. The van der Waals surface area contributed by atoms with Crippen molar-refractivity contribution < 1.29 is 27.2 Å². The van der Waals surface area contributed by atoms with E-state index in [0.29, 0.717) is 17.0 Å². The van der Waals surface area contributed by atoms with Crippen LogP contribution in [0.5, 0.6) is 5.88 Å². The number of aromatic nitrogens is 5. The van der Waals surface area contributed by atoms with Crippen molar-refractivity contribution in [3.8, 4) is 28.8 Å². The third-order valence-corrected chi connectivity index (χ3v) is 7.20. The van der Waals surface area contributed by atoms with Crippen LogP contribution in [0.15, 0.2) is 58.3 Å². The van der Waals surface area contributed by atoms with Crippen LogP contribution in [0.1, 0.15) is 5.56 Å². The number of rotatable bonds is 6. The van der Waals surface area contributed by atoms with Crippen LogP contribution >= 0.6 is 0 Å². The molecule has 34 heavy (non-hydrogen) atoms. The normalized spacial score (nSPS) is 15.0. The lowest BCUT2D eigenvalue weighted by Gasteiger charge is -2.25. The molecule has 176 valence electrons. The number of nitrogens with zero attached hydrogens (tertiary/aromatic N) is 6. The number of aromatic hydroxyl groups is 1. The molecular weight excluding hydrogens is 467 g/mol. The summed E-state index contributed by atoms with van der Waals surface area (Å²) in [5, 5.41) is 18.8. The van der Waals surface area contributed by atoms with Crippen LogP contribution in [0.25, 0.3) is 22.9 Å². The number of hydrogen-bond acceptors (Lipinski definition) is 9. The number of sulfonamides is 1. The van der Waals surface area contributed by atoms with Gasteiger partial charge in [-0.1, -0.05) is 23.4 Å². The van der Waals surface area contributed by atoms with Crippen molar-refractivity contribution in [2.45, 2.75) is 11.4 Å². The smallest absolute Gasteiger partial charge is 0.250 e. The van der Waals surface area contributed by atoms with E-state index in [0.717, 1.165) is 6.20 Å². The number of halogens is 1. The molecule has 0 unspecified atom stereocenters. The molecular formula is C21H19FN6O5S. The first-order valence-electron chi connectivity index (χ1n) is 10.3. The van der Waals surface area contributed by atoms with E-state index in [4.69, 9.17) is 9.26 Å². The molecule has 4 heterocycles. The second-order valence-electron chi connectivity index (χ2n) is 7.45. The summed E-state index contributed by atoms with van der Waals surface area (Å²) in [6.07, 6.45) is 2.44. The molecule has 0 radical (unpaired) electrons. The molecule has 0 atom stereocenters. The highest BCUT2D eigenvalue weighted by Gasteiger charge is 2.30. The Morgan fingerprint density at radius 1 is 1.12 bits per heavy atom. The van der Waals surface area contributed by atoms with Crippen molar-refractivity contribution in [2.75, 3.05) is 26.3 Å². The SMILES string of the molecule is O=S(=O)(c1cnc(-c2cc(-c3ccon3)n(Cc3ccccc3F)n2)nc1O)N1CCOCC1. The Hall–Kier alpha value is -3.68. The number of hydrogen-bond donors (Lipinski definition) is 1. The Morgan fingerprint density at radius 3 is 2.62 bits per heavy atom. The molecule has 4 aromatic rings. The fraction of sp³-hybridized carbons (Fsp3) is 0.238. The van der Waals surface area contributed by atoms with Gasteiger partial charge in [-0.15, -0.1) is 0 Å². The Labute approximate surface area is 193 Å². The van der Waals surface area contributed by atoms with Gasteiger partial charge in [-0.2, -0.15) is 14.4 Å². The van der Waals surface area contributed by atoms with E-state index in [-0.39, 0.29) is 44.4 Å². The zero-order valence-electron chi connectivity index (χ0n) is 17.7. The fourth-order valence-electron chi connectivity index (χ4n) is 3.58. The maximum absolute atomic E-state index is 14.2. The first kappa shape index (κ1) is 22.1. The molecule has 13 heteroatoms. The average Bonchev–Trinajstić information content (AvgIpc) is 3.51. The molecule has 0 spiro atoms. The van der Waals surface area contributed by atoms with Gasteiger partial charge in [0, 0.05) is 24.7 Å². The summed E-state index contributed by atoms with van der Waals surface area (Å²) in [5.74, 6) is -1.09. The summed E-state index contributed by atoms with van der Waals surface area (Å²) >= 11 is 0. The maximum atomic E-state index is 14.2. The van der Waals surface area contributed by atoms with E-state index in [1.807, 2.05) is 0 Å². The van der Waals surface area contributed by atoms with Crippen LogP contribution in [0.4, 0.5) is 4.39 Å². The molecule has 1 aromatic carbocycles. The van der Waals surface area contributed by atoms with Gasteiger partial charge in [0.15, 0.2) is 10.7 Å². The molecule has 0 aliphatic carbocycles. The molecule has 3 aromatic heterocycles. The predicted octanol–water partition coefficient (Wildman–Crippen LogP) is 1.91. The second-order valence-corrected chi connectivity index (χ2v) is 9.35. The Morgan fingerprint density at radius 2 is 1.91 bits per heavy atom. The first-order chi connectivity index (χ1) is 16.4. The van der Waals surface area contributed by atoms with Crippen molar-refractivity contribution in [1.29, 1.82) is 0 Å². The van der Waals surface area contributed by atoms with Gasteiger partial charge < -0.3 is 14.4 Å². The standard InChI is InChI=1S/C21H19FN6O5S/c22-15-4-2-1-3-14(15)13-28-18(16-5-8-33-26-16)11-17(25-28)20-23-12-19(21(29)24-20)34(30,31)27-6-9-32-10-7-27/h1-5,8,11-12H,6-7,9-10,13H2,(H,23,24,29). The lowest BCUT2D eigenvalue weighted by atomic mass is 10.2. The van der Waals surface area contributed by atoms with Crippen LogP contribution < -0.4 is 0 Å². The van der Waals surface area contributed by atoms with E-state index in [1.165, 1.54) is 21.3 Å². The monoisotopic (exact) mass is 486 g/mol. The van der Waals surface area contributed by atoms with Crippen LogP contribution in [0.3, 0.4) is 0 Å². The van der Waals surface area contributed by atoms with Gasteiger partial charge in [0.05, 0.1) is 31.6 Å². The lowest BCUT2D eigenvalue weighted by molar-refractivity contribution is 0.0729. The van der Waals surface area contributed by atoms with Gasteiger partial charge >= 0.3 is 0 Å². The van der Waals surface area contributed by atoms with E-state index in [9.17, 15) is 17.9 Å². The molecule has 0 saturated carbocycles. The third kappa shape index (κ3) is 4.16. The average molecular weight is 486 g/mol. The van der Waals surface area contributed by atoms with Crippen molar-refractivity contribution in [1.82, 2.24) is 29.2 Å². The molecule has 1 saturated heterocycles. The van der Waals surface area contributed by atoms with Crippen LogP contribution in [0.2, 0.25) is 0 Å². The van der Waals surface area contributed by atoms with Gasteiger partial charge in [-0.05, 0) is 12.1 Å². The molecule has 11 nitrogen and oxygen atoms in total. The fourth-order valence-corrected chi connectivity index (χ4v) is 4.95. The largest absolute Gasteiger partial charge is 0.492 e. The van der Waals surface area contributed by atoms with Crippen molar-refractivity contribution >= 4 is 10.0 Å². The third-order valence-electron chi connectivity index (χ3n) is 5.31. The zero-order chi connectivity index (χ0) is 23.7. The van der Waals surface area contributed by atoms with E-state index < -0.39 is 26.6 Å². The van der Waals surface area contributed by atoms with Crippen LogP contribution in [-0.2, 0) is 21.3 Å². The van der Waals surface area contributed by atoms with Crippen molar-refractivity contribution in [3.05, 3.63) is 60.2 Å². The van der Waals surface area contributed by atoms with Gasteiger partial charge in [-0.3, -0.25) is 4.68 Å². The summed E-state index contributed by atoms with van der Waals surface area (Å²) in [6.45, 7) is 0.965. The lowest BCUT2D eigenvalue weighted by Crippen LogP contribution is -2.40. The quantitative estimate of drug-likeness (QED) is 0.433. The van der Waals surface area contributed by atoms with E-state index in [1.54, 1.807) is 30.3 Å². The molecule has 0 amide bonds. The van der Waals surface area contributed by atoms with Crippen molar-refractivity contribution in [2.24, 2.45) is 0 Å². The van der Waals surface area contributed by atoms with Gasteiger partial charge in [-0.25, -0.2) is 17.8 Å². The van der Waals surface area contributed by atoms with Crippen LogP contribution in [0, 0.1) is 5.82 Å². The highest BCUT2D eigenvalue weighted by Crippen LogP contribution is 2.29. The minimum atomic E-state index is -3.99. The molecule has 1 fully saturated rings. The van der Waals surface area contributed by atoms with Crippen molar-refractivity contribution in [3.63, 3.8) is 0 Å². The summed E-state index contributed by atoms with van der Waals surface area (Å²) in [4.78, 5) is 7.71. The number of morpholine rings is 1. The van der Waals surface area contributed by atoms with Gasteiger partial charge in [0.25, 0.3) is 0 Å². The number of ether oxygens (including phenoxy) is 1. The van der Waals surface area contributed by atoms with E-state index >= 15 is 0 Å². The highest BCUT2D eigenvalue weighted by molar-refractivity contribution is 7.89. The Kier molecular flexibility index (Phi) is 5.81. The van der Waals surface area contributed by atoms with Gasteiger partial charge in [0.2, 0.25) is 15.9 Å². The molecule has 1 aliphatic heterocycles. The minimum absolute atomic E-state index is 0.00421. The zero-order valence-corrected chi connectivity index (χ0v) is 18.5. The molecule has 5 rings (SSSR count). The topological polar surface area (TPSA) is 136 Å². The summed E-state index contributed by atoms with van der Waals surface area (Å²) in [5.41, 5.74) is 1.59. The van der Waals surface area contributed by atoms with E-state index in [2.05, 4.69) is 20.2 Å². The minimum Gasteiger partial charge on any atom is -0.492 e. The summed E-state index contributed by atoms with van der Waals surface area (Å²) in [6, 6.07) is 9.52.